The van der Waals surface area contributed by atoms with E-state index >= 15 is 0 Å². The minimum absolute atomic E-state index is 0. The zero-order valence-corrected chi connectivity index (χ0v) is 20.3. The fourth-order valence-electron chi connectivity index (χ4n) is 3.51. The van der Waals surface area contributed by atoms with E-state index in [2.05, 4.69) is 68.7 Å². The van der Waals surface area contributed by atoms with Crippen LogP contribution in [0.2, 0.25) is 0 Å². The van der Waals surface area contributed by atoms with Crippen LogP contribution < -0.4 is 10.6 Å². The van der Waals surface area contributed by atoms with Gasteiger partial charge in [0.05, 0.1) is 6.54 Å². The molecule has 3 rings (SSSR count). The minimum Gasteiger partial charge on any atom is -0.357 e. The highest BCUT2D eigenvalue weighted by atomic mass is 127. The Labute approximate surface area is 198 Å². The lowest BCUT2D eigenvalue weighted by molar-refractivity contribution is 0.130. The van der Waals surface area contributed by atoms with Gasteiger partial charge in [-0.25, -0.2) is 0 Å². The van der Waals surface area contributed by atoms with Gasteiger partial charge in [-0.15, -0.1) is 24.0 Å². The van der Waals surface area contributed by atoms with Crippen molar-refractivity contribution in [3.8, 4) is 0 Å². The molecular formula is C23H35IN6. The molecule has 0 radical (unpaired) electrons. The van der Waals surface area contributed by atoms with Gasteiger partial charge in [-0.3, -0.25) is 19.8 Å². The summed E-state index contributed by atoms with van der Waals surface area (Å²) in [6.07, 6.45) is 2.74. The molecule has 0 atom stereocenters. The van der Waals surface area contributed by atoms with Crippen molar-refractivity contribution in [2.24, 2.45) is 4.99 Å². The third-order valence-electron chi connectivity index (χ3n) is 5.14. The normalized spacial score (nSPS) is 15.4. The van der Waals surface area contributed by atoms with Gasteiger partial charge in [-0.2, -0.15) is 0 Å². The molecule has 164 valence electrons. The Morgan fingerprint density at radius 2 is 1.70 bits per heavy atom. The van der Waals surface area contributed by atoms with Gasteiger partial charge in [0.1, 0.15) is 0 Å². The van der Waals surface area contributed by atoms with Crippen molar-refractivity contribution in [1.29, 1.82) is 0 Å². The smallest absolute Gasteiger partial charge is 0.191 e. The maximum absolute atomic E-state index is 4.74. The maximum atomic E-state index is 4.74. The van der Waals surface area contributed by atoms with E-state index in [0.717, 1.165) is 77.0 Å². The van der Waals surface area contributed by atoms with Crippen molar-refractivity contribution in [2.75, 3.05) is 52.4 Å². The lowest BCUT2D eigenvalue weighted by atomic mass is 10.2. The zero-order valence-electron chi connectivity index (χ0n) is 18.0. The second-order valence-electron chi connectivity index (χ2n) is 7.36. The first-order chi connectivity index (χ1) is 14.3. The molecule has 0 bridgehead atoms. The Hall–Kier alpha value is -1.71. The third kappa shape index (κ3) is 8.97. The van der Waals surface area contributed by atoms with Crippen molar-refractivity contribution in [1.82, 2.24) is 25.4 Å². The van der Waals surface area contributed by atoms with Gasteiger partial charge in [0, 0.05) is 70.7 Å². The summed E-state index contributed by atoms with van der Waals surface area (Å²) < 4.78 is 0. The molecule has 1 aliphatic heterocycles. The van der Waals surface area contributed by atoms with E-state index in [1.54, 1.807) is 0 Å². The van der Waals surface area contributed by atoms with Crippen molar-refractivity contribution < 1.29 is 0 Å². The highest BCUT2D eigenvalue weighted by Crippen LogP contribution is 2.08. The summed E-state index contributed by atoms with van der Waals surface area (Å²) >= 11 is 0. The molecule has 1 aliphatic rings. The van der Waals surface area contributed by atoms with Gasteiger partial charge in [-0.05, 0) is 24.6 Å². The van der Waals surface area contributed by atoms with Crippen LogP contribution in [0.15, 0.2) is 59.7 Å². The largest absolute Gasteiger partial charge is 0.357 e. The van der Waals surface area contributed by atoms with Crippen LogP contribution in [-0.4, -0.2) is 73.1 Å². The van der Waals surface area contributed by atoms with E-state index < -0.39 is 0 Å². The highest BCUT2D eigenvalue weighted by molar-refractivity contribution is 14.0. The van der Waals surface area contributed by atoms with Gasteiger partial charge in [-0.1, -0.05) is 36.4 Å². The fraction of sp³-hybridized carbons (Fsp3) is 0.478. The maximum Gasteiger partial charge on any atom is 0.191 e. The summed E-state index contributed by atoms with van der Waals surface area (Å²) in [6.45, 7) is 11.2. The number of guanidine groups is 1. The number of nitrogens with one attached hydrogen (secondary N) is 2. The first-order valence-corrected chi connectivity index (χ1v) is 10.7. The lowest BCUT2D eigenvalue weighted by Gasteiger charge is -2.34. The van der Waals surface area contributed by atoms with Crippen molar-refractivity contribution in [3.63, 3.8) is 0 Å². The predicted molar refractivity (Wildman–Crippen MR) is 135 cm³/mol. The topological polar surface area (TPSA) is 55.8 Å². The third-order valence-corrected chi connectivity index (χ3v) is 5.14. The zero-order chi connectivity index (χ0) is 20.2. The Morgan fingerprint density at radius 1 is 0.967 bits per heavy atom. The molecule has 1 fully saturated rings. The average molecular weight is 522 g/mol. The van der Waals surface area contributed by atoms with Crippen LogP contribution in [0, 0.1) is 0 Å². The van der Waals surface area contributed by atoms with Crippen LogP contribution >= 0.6 is 24.0 Å². The number of halogens is 1. The van der Waals surface area contributed by atoms with Gasteiger partial charge in [0.15, 0.2) is 5.96 Å². The van der Waals surface area contributed by atoms with Gasteiger partial charge in [0.25, 0.3) is 0 Å². The summed E-state index contributed by atoms with van der Waals surface area (Å²) in [5.41, 5.74) is 2.50. The molecule has 30 heavy (non-hydrogen) atoms. The molecule has 7 heteroatoms. The van der Waals surface area contributed by atoms with E-state index in [-0.39, 0.29) is 24.0 Å². The monoisotopic (exact) mass is 522 g/mol. The number of pyridine rings is 1. The first-order valence-electron chi connectivity index (χ1n) is 10.7. The van der Waals surface area contributed by atoms with Crippen LogP contribution in [0.5, 0.6) is 0 Å². The van der Waals surface area contributed by atoms with Crippen LogP contribution in [0.3, 0.4) is 0 Å². The molecule has 0 saturated carbocycles. The number of benzene rings is 1. The predicted octanol–water partition coefficient (Wildman–Crippen LogP) is 2.62. The Balaban J connectivity index is 0.00000320. The van der Waals surface area contributed by atoms with Crippen LogP contribution in [0.25, 0.3) is 0 Å². The van der Waals surface area contributed by atoms with Gasteiger partial charge in [0.2, 0.25) is 0 Å². The molecule has 1 aromatic heterocycles. The average Bonchev–Trinajstić information content (AvgIpc) is 2.76. The van der Waals surface area contributed by atoms with E-state index in [9.17, 15) is 0 Å². The summed E-state index contributed by atoms with van der Waals surface area (Å²) in [6, 6.07) is 16.8. The second-order valence-corrected chi connectivity index (χ2v) is 7.36. The molecule has 0 unspecified atom stereocenters. The van der Waals surface area contributed by atoms with Gasteiger partial charge >= 0.3 is 0 Å². The van der Waals surface area contributed by atoms with Crippen LogP contribution in [0.1, 0.15) is 18.2 Å². The number of hydrogen-bond donors (Lipinski definition) is 2. The van der Waals surface area contributed by atoms with E-state index in [1.807, 2.05) is 18.3 Å². The molecule has 0 amide bonds. The molecule has 0 aliphatic carbocycles. The Kier molecular flexibility index (Phi) is 11.7. The summed E-state index contributed by atoms with van der Waals surface area (Å²) in [5, 5.41) is 6.75. The fourth-order valence-corrected chi connectivity index (χ4v) is 3.51. The number of aliphatic imine (C=N–C) groups is 1. The molecule has 1 aromatic carbocycles. The van der Waals surface area contributed by atoms with Crippen LogP contribution in [0.4, 0.5) is 0 Å². The molecule has 2 heterocycles. The second kappa shape index (κ2) is 14.3. The number of hydrogen-bond acceptors (Lipinski definition) is 4. The molecule has 2 N–H and O–H groups in total. The SMILES string of the molecule is CCNC(=NCCN1CCN(Cc2ccccc2)CC1)NCCc1ccccn1.I. The molecule has 2 aromatic rings. The lowest BCUT2D eigenvalue weighted by Crippen LogP contribution is -2.46. The molecule has 0 spiro atoms. The van der Waals surface area contributed by atoms with Crippen molar-refractivity contribution in [3.05, 3.63) is 66.0 Å². The number of aromatic nitrogens is 1. The highest BCUT2D eigenvalue weighted by Gasteiger charge is 2.16. The molecule has 1 saturated heterocycles. The van der Waals surface area contributed by atoms with Crippen LogP contribution in [-0.2, 0) is 13.0 Å². The first kappa shape index (κ1) is 24.6. The van der Waals surface area contributed by atoms with Gasteiger partial charge < -0.3 is 10.6 Å². The molecule has 6 nitrogen and oxygen atoms in total. The van der Waals surface area contributed by atoms with E-state index in [0.29, 0.717) is 0 Å². The number of rotatable bonds is 9. The Bertz CT molecular complexity index is 717. The molecular weight excluding hydrogens is 487 g/mol. The quantitative estimate of drug-likeness (QED) is 0.302. The number of piperazine rings is 1. The minimum atomic E-state index is 0. The Morgan fingerprint density at radius 3 is 2.40 bits per heavy atom. The van der Waals surface area contributed by atoms with Crippen molar-refractivity contribution >= 4 is 29.9 Å². The summed E-state index contributed by atoms with van der Waals surface area (Å²) in [7, 11) is 0. The van der Waals surface area contributed by atoms with Crippen molar-refractivity contribution in [2.45, 2.75) is 19.9 Å². The summed E-state index contributed by atoms with van der Waals surface area (Å²) in [5.74, 6) is 0.895. The summed E-state index contributed by atoms with van der Waals surface area (Å²) in [4.78, 5) is 14.2. The number of nitrogens with zero attached hydrogens (tertiary/aromatic N) is 4. The van der Waals surface area contributed by atoms with E-state index in [4.69, 9.17) is 4.99 Å². The standard InChI is InChI=1S/C23H34N6.HI/c1-2-24-23(26-13-11-22-10-6-7-12-25-22)27-14-15-28-16-18-29(19-17-28)20-21-8-4-3-5-9-21;/h3-10,12H,2,11,13-20H2,1H3,(H2,24,26,27);1H. The van der Waals surface area contributed by atoms with E-state index in [1.165, 1.54) is 5.56 Å².